The van der Waals surface area contributed by atoms with Gasteiger partial charge in [-0.2, -0.15) is 0 Å². The first-order valence-corrected chi connectivity index (χ1v) is 17.4. The number of amides is 1. The lowest BCUT2D eigenvalue weighted by molar-refractivity contribution is -0.152. The number of aryl methyl sites for hydroxylation is 1. The largest absolute Gasteiger partial charge is 0.456 e. The van der Waals surface area contributed by atoms with Crippen molar-refractivity contribution in [2.24, 2.45) is 11.3 Å². The van der Waals surface area contributed by atoms with Crippen LogP contribution in [-0.2, 0) is 27.3 Å². The van der Waals surface area contributed by atoms with Gasteiger partial charge in [-0.1, -0.05) is 13.8 Å². The lowest BCUT2D eigenvalue weighted by Gasteiger charge is -2.40. The summed E-state index contributed by atoms with van der Waals surface area (Å²) < 4.78 is 7.50. The second kappa shape index (κ2) is 17.8. The van der Waals surface area contributed by atoms with E-state index in [4.69, 9.17) is 9.72 Å². The summed E-state index contributed by atoms with van der Waals surface area (Å²) in [5.41, 5.74) is 0.533. The van der Waals surface area contributed by atoms with Crippen molar-refractivity contribution in [1.82, 2.24) is 39.5 Å². The molecule has 4 rings (SSSR count). The number of likely N-dealkylation sites (tertiary alicyclic amines) is 2. The Hall–Kier alpha value is -2.76. The Morgan fingerprint density at radius 1 is 1.02 bits per heavy atom. The van der Waals surface area contributed by atoms with Gasteiger partial charge in [0.15, 0.2) is 6.61 Å². The number of hydrogen-bond donors (Lipinski definition) is 2. The number of aromatic nitrogens is 4. The summed E-state index contributed by atoms with van der Waals surface area (Å²) in [7, 11) is 0. The monoisotopic (exact) mass is 626 g/mol. The number of carbonyl (C=O) groups excluding carboxylic acids is 2. The van der Waals surface area contributed by atoms with Gasteiger partial charge in [-0.3, -0.25) is 9.59 Å². The van der Waals surface area contributed by atoms with Crippen LogP contribution in [0, 0.1) is 11.3 Å². The van der Waals surface area contributed by atoms with Crippen molar-refractivity contribution < 1.29 is 14.3 Å². The number of esters is 1. The van der Waals surface area contributed by atoms with Crippen molar-refractivity contribution in [2.45, 2.75) is 91.6 Å². The van der Waals surface area contributed by atoms with Gasteiger partial charge >= 0.3 is 5.97 Å². The molecule has 1 amide bonds. The van der Waals surface area contributed by atoms with Crippen LogP contribution < -0.4 is 5.32 Å². The second-order valence-electron chi connectivity index (χ2n) is 13.5. The lowest BCUT2D eigenvalue weighted by Crippen LogP contribution is -2.42. The molecule has 0 aromatic carbocycles. The van der Waals surface area contributed by atoms with Gasteiger partial charge in [0, 0.05) is 70.4 Å². The summed E-state index contributed by atoms with van der Waals surface area (Å²) in [6, 6.07) is 0.0101. The van der Waals surface area contributed by atoms with Crippen LogP contribution in [0.15, 0.2) is 24.8 Å². The minimum Gasteiger partial charge on any atom is -0.456 e. The molecule has 2 fully saturated rings. The number of hydrogen-bond acceptors (Lipinski definition) is 8. The third-order valence-electron chi connectivity index (χ3n) is 9.61. The van der Waals surface area contributed by atoms with E-state index in [1.54, 1.807) is 11.1 Å². The first kappa shape index (κ1) is 35.1. The van der Waals surface area contributed by atoms with Crippen molar-refractivity contribution in [3.8, 4) is 0 Å². The van der Waals surface area contributed by atoms with Crippen LogP contribution in [0.3, 0.4) is 0 Å². The fourth-order valence-corrected chi connectivity index (χ4v) is 7.05. The van der Waals surface area contributed by atoms with Gasteiger partial charge in [0.2, 0.25) is 0 Å². The van der Waals surface area contributed by atoms with Gasteiger partial charge in [0.25, 0.3) is 5.91 Å². The number of piperidine rings is 1. The molecule has 45 heavy (non-hydrogen) atoms. The molecule has 1 atom stereocenters. The summed E-state index contributed by atoms with van der Waals surface area (Å²) in [6.07, 6.45) is 15.3. The molecule has 0 radical (unpaired) electrons. The number of nitrogens with one attached hydrogen (secondary N) is 2. The first-order chi connectivity index (χ1) is 21.8. The minimum atomic E-state index is -0.321. The van der Waals surface area contributed by atoms with Crippen LogP contribution >= 0.6 is 0 Å². The SMILES string of the molecule is CCN(CC)C(=O)COC(=O)CCCCNC(Cc1ncc[nH]1)c1nccn1CCCN1CCC2(CCN(CC(C)C)CC2)C1. The van der Waals surface area contributed by atoms with Crippen LogP contribution in [0.4, 0.5) is 0 Å². The van der Waals surface area contributed by atoms with E-state index in [2.05, 4.69) is 49.7 Å². The number of likely N-dealkylation sites (N-methyl/N-ethyl adjacent to an activating group) is 1. The molecule has 1 spiro atoms. The summed E-state index contributed by atoms with van der Waals surface area (Å²) >= 11 is 0. The number of ether oxygens (including phenoxy) is 1. The predicted molar refractivity (Wildman–Crippen MR) is 177 cm³/mol. The van der Waals surface area contributed by atoms with Gasteiger partial charge in [-0.25, -0.2) is 9.97 Å². The second-order valence-corrected chi connectivity index (χ2v) is 13.5. The van der Waals surface area contributed by atoms with Crippen molar-refractivity contribution in [3.05, 3.63) is 36.4 Å². The highest BCUT2D eigenvalue weighted by Gasteiger charge is 2.40. The van der Waals surface area contributed by atoms with Gasteiger partial charge < -0.3 is 34.3 Å². The summed E-state index contributed by atoms with van der Waals surface area (Å²) in [6.45, 7) is 18.6. The fourth-order valence-electron chi connectivity index (χ4n) is 7.05. The van der Waals surface area contributed by atoms with E-state index < -0.39 is 0 Å². The first-order valence-electron chi connectivity index (χ1n) is 17.4. The van der Waals surface area contributed by atoms with E-state index in [0.717, 1.165) is 50.0 Å². The van der Waals surface area contributed by atoms with E-state index in [1.807, 2.05) is 26.2 Å². The summed E-state index contributed by atoms with van der Waals surface area (Å²) in [5, 5.41) is 3.67. The Bertz CT molecular complexity index is 1140. The maximum absolute atomic E-state index is 12.2. The summed E-state index contributed by atoms with van der Waals surface area (Å²) in [5.74, 6) is 2.23. The highest BCUT2D eigenvalue weighted by molar-refractivity contribution is 5.80. The van der Waals surface area contributed by atoms with Crippen molar-refractivity contribution in [2.75, 3.05) is 65.5 Å². The Labute approximate surface area is 270 Å². The maximum atomic E-state index is 12.2. The molecule has 0 aliphatic carbocycles. The number of H-pyrrole nitrogens is 1. The van der Waals surface area contributed by atoms with Gasteiger partial charge in [-0.05, 0) is 96.4 Å². The zero-order valence-corrected chi connectivity index (χ0v) is 28.3. The van der Waals surface area contributed by atoms with E-state index in [0.29, 0.717) is 37.8 Å². The molecular formula is C34H58N8O3. The third-order valence-corrected chi connectivity index (χ3v) is 9.61. The molecule has 2 aromatic rings. The molecule has 2 aliphatic rings. The number of imidazole rings is 2. The third kappa shape index (κ3) is 10.9. The molecular weight excluding hydrogens is 568 g/mol. The van der Waals surface area contributed by atoms with Crippen molar-refractivity contribution >= 4 is 11.9 Å². The number of nitrogens with zero attached hydrogens (tertiary/aromatic N) is 6. The molecule has 11 nitrogen and oxygen atoms in total. The Morgan fingerprint density at radius 3 is 2.47 bits per heavy atom. The molecule has 2 N–H and O–H groups in total. The number of carbonyl (C=O) groups is 2. The minimum absolute atomic E-state index is 0.0101. The number of rotatable bonds is 19. The van der Waals surface area contributed by atoms with Crippen LogP contribution in [0.25, 0.3) is 0 Å². The number of aromatic amines is 1. The predicted octanol–water partition coefficient (Wildman–Crippen LogP) is 3.90. The van der Waals surface area contributed by atoms with E-state index >= 15 is 0 Å². The van der Waals surface area contributed by atoms with Gasteiger partial charge in [0.1, 0.15) is 11.6 Å². The molecule has 2 saturated heterocycles. The molecule has 1 unspecified atom stereocenters. The average molecular weight is 627 g/mol. The van der Waals surface area contributed by atoms with Crippen molar-refractivity contribution in [1.29, 1.82) is 0 Å². The zero-order valence-electron chi connectivity index (χ0n) is 28.3. The molecule has 11 heteroatoms. The van der Waals surface area contributed by atoms with Crippen LogP contribution in [-0.4, -0.2) is 112 Å². The van der Waals surface area contributed by atoms with Crippen LogP contribution in [0.5, 0.6) is 0 Å². The summed E-state index contributed by atoms with van der Waals surface area (Å²) in [4.78, 5) is 43.8. The van der Waals surface area contributed by atoms with Crippen molar-refractivity contribution in [3.63, 3.8) is 0 Å². The molecule has 0 bridgehead atoms. The highest BCUT2D eigenvalue weighted by Crippen LogP contribution is 2.40. The molecule has 2 aromatic heterocycles. The highest BCUT2D eigenvalue weighted by atomic mass is 16.5. The maximum Gasteiger partial charge on any atom is 0.306 e. The molecule has 2 aliphatic heterocycles. The topological polar surface area (TPSA) is 112 Å². The van der Waals surface area contributed by atoms with Gasteiger partial charge in [0.05, 0.1) is 6.04 Å². The van der Waals surface area contributed by atoms with E-state index in [1.165, 1.54) is 52.0 Å². The average Bonchev–Trinajstić information content (AvgIpc) is 3.79. The van der Waals surface area contributed by atoms with E-state index in [-0.39, 0.29) is 24.5 Å². The van der Waals surface area contributed by atoms with E-state index in [9.17, 15) is 9.59 Å². The Kier molecular flexibility index (Phi) is 13.9. The standard InChI is InChI=1S/C34H58N8O3/c1-5-41(6-2)31(43)26-45-32(44)10-7-8-14-35-29(24-30-36-15-16-37-30)33-38-17-23-42(33)19-9-18-40-22-13-34(27-40)11-20-39(21-12-34)25-28(3)4/h15-17,23,28-29,35H,5-14,18-22,24-27H2,1-4H3,(H,36,37). The van der Waals surface area contributed by atoms with Crippen LogP contribution in [0.1, 0.15) is 90.3 Å². The normalized spacial score (nSPS) is 17.7. The quantitative estimate of drug-likeness (QED) is 0.179. The molecule has 252 valence electrons. The van der Waals surface area contributed by atoms with Crippen LogP contribution in [0.2, 0.25) is 0 Å². The zero-order chi connectivity index (χ0) is 32.1. The Balaban J connectivity index is 1.20. The Morgan fingerprint density at radius 2 is 1.78 bits per heavy atom. The fraction of sp³-hybridized carbons (Fsp3) is 0.765. The number of unbranched alkanes of at least 4 members (excludes halogenated alkanes) is 1. The van der Waals surface area contributed by atoms with Gasteiger partial charge in [-0.15, -0.1) is 0 Å². The molecule has 0 saturated carbocycles. The molecule has 4 heterocycles. The smallest absolute Gasteiger partial charge is 0.306 e. The lowest BCUT2D eigenvalue weighted by atomic mass is 9.77.